The SMILES string of the molecule is CC(C)(C)c1ccc2c(c1)c1ccc(Oc3cccc(-c4ccccn4)c3)cc1n2-c1ccc(-c2ccncc2)cn1. The molecule has 0 fully saturated rings. The zero-order valence-electron chi connectivity index (χ0n) is 23.8. The fourth-order valence-corrected chi connectivity index (χ4v) is 5.40. The fourth-order valence-electron chi connectivity index (χ4n) is 5.40. The lowest BCUT2D eigenvalue weighted by Gasteiger charge is -2.19. The molecule has 5 heteroatoms. The summed E-state index contributed by atoms with van der Waals surface area (Å²) in [6, 6.07) is 35.2. The van der Waals surface area contributed by atoms with Crippen molar-refractivity contribution in [3.63, 3.8) is 0 Å². The Labute approximate surface area is 245 Å². The van der Waals surface area contributed by atoms with Crippen LogP contribution in [-0.2, 0) is 5.41 Å². The number of fused-ring (bicyclic) bond motifs is 3. The van der Waals surface area contributed by atoms with Gasteiger partial charge in [0.05, 0.1) is 16.7 Å². The third-order valence-corrected chi connectivity index (χ3v) is 7.62. The lowest BCUT2D eigenvalue weighted by Crippen LogP contribution is -2.10. The van der Waals surface area contributed by atoms with Crippen LogP contribution in [0, 0.1) is 0 Å². The molecule has 42 heavy (non-hydrogen) atoms. The number of rotatable bonds is 5. The minimum absolute atomic E-state index is 0.0364. The summed E-state index contributed by atoms with van der Waals surface area (Å²) in [5.41, 5.74) is 7.54. The van der Waals surface area contributed by atoms with Gasteiger partial charge in [0.2, 0.25) is 0 Å². The van der Waals surface area contributed by atoms with Gasteiger partial charge < -0.3 is 4.74 Å². The van der Waals surface area contributed by atoms with Crippen LogP contribution in [0.1, 0.15) is 26.3 Å². The number of nitrogens with zero attached hydrogens (tertiary/aromatic N) is 4. The Morgan fingerprint density at radius 3 is 2.21 bits per heavy atom. The van der Waals surface area contributed by atoms with E-state index in [2.05, 4.69) is 77.8 Å². The van der Waals surface area contributed by atoms with E-state index in [-0.39, 0.29) is 5.41 Å². The van der Waals surface area contributed by atoms with Gasteiger partial charge in [0.25, 0.3) is 0 Å². The van der Waals surface area contributed by atoms with E-state index in [9.17, 15) is 0 Å². The summed E-state index contributed by atoms with van der Waals surface area (Å²) in [5.74, 6) is 2.37. The predicted molar refractivity (Wildman–Crippen MR) is 170 cm³/mol. The van der Waals surface area contributed by atoms with E-state index >= 15 is 0 Å². The number of pyridine rings is 3. The first-order valence-corrected chi connectivity index (χ1v) is 14.1. The van der Waals surface area contributed by atoms with Gasteiger partial charge in [0.1, 0.15) is 17.3 Å². The largest absolute Gasteiger partial charge is 0.457 e. The van der Waals surface area contributed by atoms with Gasteiger partial charge in [0, 0.05) is 52.8 Å². The number of benzene rings is 3. The zero-order valence-corrected chi connectivity index (χ0v) is 23.8. The average molecular weight is 547 g/mol. The van der Waals surface area contributed by atoms with Crippen molar-refractivity contribution in [1.82, 2.24) is 19.5 Å². The molecule has 0 bridgehead atoms. The number of hydrogen-bond acceptors (Lipinski definition) is 4. The molecule has 4 aromatic heterocycles. The Morgan fingerprint density at radius 2 is 1.45 bits per heavy atom. The maximum atomic E-state index is 6.42. The molecule has 0 saturated carbocycles. The molecule has 0 aliphatic carbocycles. The predicted octanol–water partition coefficient (Wildman–Crippen LogP) is 9.39. The number of hydrogen-bond donors (Lipinski definition) is 0. The first kappa shape index (κ1) is 25.7. The molecule has 0 spiro atoms. The third kappa shape index (κ3) is 4.79. The van der Waals surface area contributed by atoms with Gasteiger partial charge in [-0.15, -0.1) is 0 Å². The molecular formula is C37H30N4O. The molecule has 3 aromatic carbocycles. The molecule has 7 rings (SSSR count). The smallest absolute Gasteiger partial charge is 0.137 e. The monoisotopic (exact) mass is 546 g/mol. The van der Waals surface area contributed by atoms with Crippen molar-refractivity contribution in [1.29, 1.82) is 0 Å². The minimum atomic E-state index is 0.0364. The van der Waals surface area contributed by atoms with E-state index in [1.807, 2.05) is 66.9 Å². The molecule has 0 atom stereocenters. The minimum Gasteiger partial charge on any atom is -0.457 e. The molecule has 0 amide bonds. The molecule has 0 radical (unpaired) electrons. The Bertz CT molecular complexity index is 2020. The van der Waals surface area contributed by atoms with Gasteiger partial charge in [-0.25, -0.2) is 4.98 Å². The maximum Gasteiger partial charge on any atom is 0.137 e. The van der Waals surface area contributed by atoms with Crippen LogP contribution in [0.15, 0.2) is 128 Å². The van der Waals surface area contributed by atoms with Crippen molar-refractivity contribution in [3.05, 3.63) is 133 Å². The summed E-state index contributed by atoms with van der Waals surface area (Å²) in [7, 11) is 0. The van der Waals surface area contributed by atoms with Crippen LogP contribution >= 0.6 is 0 Å². The highest BCUT2D eigenvalue weighted by Crippen LogP contribution is 2.37. The van der Waals surface area contributed by atoms with Crippen LogP contribution in [-0.4, -0.2) is 19.5 Å². The molecule has 0 N–H and O–H groups in total. The van der Waals surface area contributed by atoms with E-state index in [4.69, 9.17) is 9.72 Å². The second kappa shape index (κ2) is 10.3. The van der Waals surface area contributed by atoms with E-state index in [1.165, 1.54) is 10.9 Å². The topological polar surface area (TPSA) is 52.8 Å². The Hall–Kier alpha value is -5.29. The zero-order chi connectivity index (χ0) is 28.7. The lowest BCUT2D eigenvalue weighted by atomic mass is 9.86. The van der Waals surface area contributed by atoms with Crippen LogP contribution in [0.25, 0.3) is 50.0 Å². The first-order valence-electron chi connectivity index (χ1n) is 14.1. The molecule has 4 heterocycles. The average Bonchev–Trinajstić information content (AvgIpc) is 3.35. The fraction of sp³-hybridized carbons (Fsp3) is 0.108. The number of ether oxygens (including phenoxy) is 1. The summed E-state index contributed by atoms with van der Waals surface area (Å²) in [4.78, 5) is 13.6. The highest BCUT2D eigenvalue weighted by atomic mass is 16.5. The van der Waals surface area contributed by atoms with Crippen molar-refractivity contribution in [3.8, 4) is 39.7 Å². The van der Waals surface area contributed by atoms with Crippen molar-refractivity contribution >= 4 is 21.8 Å². The van der Waals surface area contributed by atoms with E-state index in [0.717, 1.165) is 56.1 Å². The quantitative estimate of drug-likeness (QED) is 0.216. The van der Waals surface area contributed by atoms with Crippen LogP contribution in [0.4, 0.5) is 0 Å². The molecule has 0 unspecified atom stereocenters. The van der Waals surface area contributed by atoms with Crippen LogP contribution in [0.2, 0.25) is 0 Å². The Balaban J connectivity index is 1.35. The second-order valence-corrected chi connectivity index (χ2v) is 11.5. The summed E-state index contributed by atoms with van der Waals surface area (Å²) < 4.78 is 8.65. The highest BCUT2D eigenvalue weighted by molar-refractivity contribution is 6.09. The van der Waals surface area contributed by atoms with Crippen molar-refractivity contribution in [2.24, 2.45) is 0 Å². The molecule has 204 valence electrons. The third-order valence-electron chi connectivity index (χ3n) is 7.62. The van der Waals surface area contributed by atoms with Crippen molar-refractivity contribution in [2.45, 2.75) is 26.2 Å². The highest BCUT2D eigenvalue weighted by Gasteiger charge is 2.19. The van der Waals surface area contributed by atoms with E-state index in [1.54, 1.807) is 18.6 Å². The van der Waals surface area contributed by atoms with Crippen LogP contribution < -0.4 is 4.74 Å². The Morgan fingerprint density at radius 1 is 0.595 bits per heavy atom. The van der Waals surface area contributed by atoms with Gasteiger partial charge in [-0.05, 0) is 89.3 Å². The molecule has 0 aliphatic heterocycles. The molecule has 0 saturated heterocycles. The standard InChI is InChI=1S/C37H30N4O/c1-37(2,3)28-11-14-34-32(22-28)31-13-12-30(42-29-8-6-7-26(21-29)33-9-4-5-18-39-33)23-35(31)41(34)36-15-10-27(24-40-36)25-16-19-38-20-17-25/h4-24H,1-3H3. The molecule has 5 nitrogen and oxygen atoms in total. The van der Waals surface area contributed by atoms with Gasteiger partial charge >= 0.3 is 0 Å². The Kier molecular flexibility index (Phi) is 6.28. The van der Waals surface area contributed by atoms with Crippen LogP contribution in [0.3, 0.4) is 0 Å². The summed E-state index contributed by atoms with van der Waals surface area (Å²) >= 11 is 0. The summed E-state index contributed by atoms with van der Waals surface area (Å²) in [6.45, 7) is 6.74. The molecule has 0 aliphatic rings. The summed E-state index contributed by atoms with van der Waals surface area (Å²) in [6.07, 6.45) is 7.33. The van der Waals surface area contributed by atoms with Crippen LogP contribution in [0.5, 0.6) is 11.5 Å². The maximum absolute atomic E-state index is 6.42. The molecular weight excluding hydrogens is 516 g/mol. The summed E-state index contributed by atoms with van der Waals surface area (Å²) in [5, 5.41) is 2.35. The number of aromatic nitrogens is 4. The van der Waals surface area contributed by atoms with Gasteiger partial charge in [-0.3, -0.25) is 14.5 Å². The van der Waals surface area contributed by atoms with E-state index < -0.39 is 0 Å². The second-order valence-electron chi connectivity index (χ2n) is 11.5. The first-order chi connectivity index (χ1) is 20.4. The van der Waals surface area contributed by atoms with Gasteiger partial charge in [-0.1, -0.05) is 45.0 Å². The molecule has 7 aromatic rings. The van der Waals surface area contributed by atoms with Gasteiger partial charge in [-0.2, -0.15) is 0 Å². The van der Waals surface area contributed by atoms with Crippen molar-refractivity contribution < 1.29 is 4.74 Å². The lowest BCUT2D eigenvalue weighted by molar-refractivity contribution is 0.483. The van der Waals surface area contributed by atoms with Gasteiger partial charge in [0.15, 0.2) is 0 Å². The normalized spacial score (nSPS) is 11.7. The van der Waals surface area contributed by atoms with Crippen molar-refractivity contribution in [2.75, 3.05) is 0 Å². The van der Waals surface area contributed by atoms with E-state index in [0.29, 0.717) is 0 Å².